The molecular weight excluding hydrogens is 520 g/mol. The van der Waals surface area contributed by atoms with E-state index in [0.29, 0.717) is 24.1 Å². The number of carboxylic acids is 1. The van der Waals surface area contributed by atoms with Crippen molar-refractivity contribution in [1.82, 2.24) is 35.5 Å². The van der Waals surface area contributed by atoms with Gasteiger partial charge >= 0.3 is 18.0 Å². The van der Waals surface area contributed by atoms with Gasteiger partial charge in [0, 0.05) is 19.0 Å². The van der Waals surface area contributed by atoms with Crippen molar-refractivity contribution in [3.05, 3.63) is 54.6 Å². The van der Waals surface area contributed by atoms with Gasteiger partial charge in [0.2, 0.25) is 0 Å². The number of fused-ring (bicyclic) bond motifs is 2. The number of ether oxygens (including phenoxy) is 2. The van der Waals surface area contributed by atoms with Gasteiger partial charge in [-0.1, -0.05) is 36.4 Å². The highest BCUT2D eigenvalue weighted by atomic mass is 16.7. The number of nitrogens with zero attached hydrogens (tertiary/aromatic N) is 4. The average Bonchev–Trinajstić information content (AvgIpc) is 3.64. The minimum Gasteiger partial charge on any atom is -0.480 e. The van der Waals surface area contributed by atoms with Crippen LogP contribution in [0.5, 0.6) is 0 Å². The fraction of sp³-hybridized carbons (Fsp3) is 0.385. The zero-order valence-corrected chi connectivity index (χ0v) is 21.7. The van der Waals surface area contributed by atoms with E-state index in [1.165, 1.54) is 6.33 Å². The Labute approximate surface area is 229 Å². The number of aromatic nitrogens is 4. The first kappa shape index (κ1) is 27.0. The molecule has 0 bridgehead atoms. The molecule has 210 valence electrons. The molecule has 5 rings (SSSR count). The number of amides is 4. The number of hydrogen-bond acceptors (Lipinski definition) is 8. The number of benzene rings is 1. The third-order valence-electron chi connectivity index (χ3n) is 6.75. The molecule has 1 saturated heterocycles. The van der Waals surface area contributed by atoms with Crippen LogP contribution in [0, 0.1) is 5.92 Å². The number of carbonyl (C=O) groups is 3. The van der Waals surface area contributed by atoms with Crippen molar-refractivity contribution in [2.75, 3.05) is 25.0 Å². The fourth-order valence-electron chi connectivity index (χ4n) is 5.02. The van der Waals surface area contributed by atoms with Crippen molar-refractivity contribution in [2.24, 2.45) is 5.92 Å². The van der Waals surface area contributed by atoms with Gasteiger partial charge in [-0.15, -0.1) is 0 Å². The standard InChI is InChI=1S/C26H30N8O6/c1-2-27-26(38)33-23-20-24(31-13-30-23)34(14-32-20)17-10-16(11-28-25(37)29-12-18(35)36)21-22(17)40-19(39-21)9-8-15-6-4-3-5-7-15/h3-9,13-14,16-17,19,21-22H,2,10-12H2,1H3,(H,35,36)(H2,28,29,37)(H2,27,30,31,33,38)/t16?,17?,19-,21?,22?/m0/s1. The van der Waals surface area contributed by atoms with E-state index in [-0.39, 0.29) is 36.5 Å². The van der Waals surface area contributed by atoms with E-state index >= 15 is 0 Å². The molecule has 40 heavy (non-hydrogen) atoms. The normalized spacial score (nSPS) is 23.7. The Kier molecular flexibility index (Phi) is 8.17. The molecule has 1 saturated carbocycles. The first-order valence-electron chi connectivity index (χ1n) is 12.9. The summed E-state index contributed by atoms with van der Waals surface area (Å²) in [4.78, 5) is 48.1. The topological polar surface area (TPSA) is 182 Å². The molecule has 2 aromatic heterocycles. The lowest BCUT2D eigenvalue weighted by Crippen LogP contribution is -2.42. The Hall–Kier alpha value is -4.56. The highest BCUT2D eigenvalue weighted by molar-refractivity contribution is 5.95. The summed E-state index contributed by atoms with van der Waals surface area (Å²) in [6, 6.07) is 8.55. The highest BCUT2D eigenvalue weighted by Gasteiger charge is 2.52. The Bertz CT molecular complexity index is 1400. The quantitative estimate of drug-likeness (QED) is 0.265. The summed E-state index contributed by atoms with van der Waals surface area (Å²) in [6.45, 7) is 2.03. The predicted octanol–water partition coefficient (Wildman–Crippen LogP) is 1.74. The summed E-state index contributed by atoms with van der Waals surface area (Å²) in [6.07, 6.45) is 5.98. The molecule has 14 nitrogen and oxygen atoms in total. The first-order chi connectivity index (χ1) is 19.4. The summed E-state index contributed by atoms with van der Waals surface area (Å²) in [5.74, 6) is -0.996. The minimum absolute atomic E-state index is 0.145. The van der Waals surface area contributed by atoms with E-state index in [4.69, 9.17) is 14.6 Å². The molecule has 1 aliphatic heterocycles. The van der Waals surface area contributed by atoms with Crippen LogP contribution in [0.4, 0.5) is 15.4 Å². The van der Waals surface area contributed by atoms with Crippen LogP contribution in [0.1, 0.15) is 24.9 Å². The summed E-state index contributed by atoms with van der Waals surface area (Å²) in [5.41, 5.74) is 1.95. The number of nitrogens with one attached hydrogen (secondary N) is 4. The van der Waals surface area contributed by atoms with Gasteiger partial charge < -0.3 is 35.1 Å². The predicted molar refractivity (Wildman–Crippen MR) is 143 cm³/mol. The third-order valence-corrected chi connectivity index (χ3v) is 6.75. The smallest absolute Gasteiger partial charge is 0.323 e. The number of carbonyl (C=O) groups excluding carboxylic acids is 2. The molecule has 1 aliphatic carbocycles. The van der Waals surface area contributed by atoms with E-state index in [9.17, 15) is 14.4 Å². The summed E-state index contributed by atoms with van der Waals surface area (Å²) in [5, 5.41) is 19.2. The average molecular weight is 551 g/mol. The van der Waals surface area contributed by atoms with Crippen LogP contribution in [0.25, 0.3) is 17.2 Å². The molecule has 0 spiro atoms. The zero-order valence-electron chi connectivity index (χ0n) is 21.7. The van der Waals surface area contributed by atoms with Crippen LogP contribution in [0.2, 0.25) is 0 Å². The van der Waals surface area contributed by atoms with E-state index in [2.05, 4.69) is 36.2 Å². The lowest BCUT2D eigenvalue weighted by molar-refractivity contribution is -0.135. The molecule has 2 fully saturated rings. The lowest BCUT2D eigenvalue weighted by Gasteiger charge is -2.19. The van der Waals surface area contributed by atoms with Gasteiger partial charge in [0.15, 0.2) is 23.3 Å². The molecule has 3 heterocycles. The fourth-order valence-corrected chi connectivity index (χ4v) is 5.02. The van der Waals surface area contributed by atoms with Gasteiger partial charge in [-0.05, 0) is 25.0 Å². The zero-order chi connectivity index (χ0) is 28.1. The second-order valence-electron chi connectivity index (χ2n) is 9.39. The lowest BCUT2D eigenvalue weighted by atomic mass is 10.1. The second-order valence-corrected chi connectivity index (χ2v) is 9.39. The number of urea groups is 2. The van der Waals surface area contributed by atoms with Crippen molar-refractivity contribution in [2.45, 2.75) is 37.9 Å². The summed E-state index contributed by atoms with van der Waals surface area (Å²) in [7, 11) is 0. The Morgan fingerprint density at radius 1 is 1.05 bits per heavy atom. The van der Waals surface area contributed by atoms with Crippen LogP contribution in [-0.4, -0.2) is 80.8 Å². The van der Waals surface area contributed by atoms with E-state index in [0.717, 1.165) is 5.56 Å². The Balaban J connectivity index is 1.37. The molecule has 1 aromatic carbocycles. The number of imidazole rings is 1. The molecule has 5 atom stereocenters. The van der Waals surface area contributed by atoms with Crippen LogP contribution in [-0.2, 0) is 14.3 Å². The van der Waals surface area contributed by atoms with Gasteiger partial charge in [-0.25, -0.2) is 24.5 Å². The number of aliphatic carboxylic acids is 1. The van der Waals surface area contributed by atoms with Gasteiger partial charge in [-0.2, -0.15) is 0 Å². The molecule has 3 aromatic rings. The van der Waals surface area contributed by atoms with Crippen molar-refractivity contribution in [1.29, 1.82) is 0 Å². The molecule has 5 N–H and O–H groups in total. The SMILES string of the molecule is CCNC(=O)Nc1ncnc2c1ncn2C1CC(CNC(=O)NCC(=O)O)C2O[C@H](C=Cc3ccccc3)OC21. The summed E-state index contributed by atoms with van der Waals surface area (Å²) >= 11 is 0. The minimum atomic E-state index is -1.13. The number of carboxylic acid groups (broad SMARTS) is 1. The number of rotatable bonds is 9. The van der Waals surface area contributed by atoms with Crippen LogP contribution in [0.15, 0.2) is 49.1 Å². The van der Waals surface area contributed by atoms with Crippen molar-refractivity contribution in [3.8, 4) is 0 Å². The monoisotopic (exact) mass is 550 g/mol. The molecule has 2 aliphatic rings. The first-order valence-corrected chi connectivity index (χ1v) is 12.9. The van der Waals surface area contributed by atoms with E-state index in [1.54, 1.807) is 6.33 Å². The largest absolute Gasteiger partial charge is 0.480 e. The molecule has 0 radical (unpaired) electrons. The third kappa shape index (κ3) is 6.02. The maximum Gasteiger partial charge on any atom is 0.323 e. The molecule has 14 heteroatoms. The highest BCUT2D eigenvalue weighted by Crippen LogP contribution is 2.45. The number of hydrogen-bond donors (Lipinski definition) is 5. The van der Waals surface area contributed by atoms with Crippen molar-refractivity contribution in [3.63, 3.8) is 0 Å². The Morgan fingerprint density at radius 2 is 1.85 bits per heavy atom. The van der Waals surface area contributed by atoms with E-state index in [1.807, 2.05) is 54.0 Å². The van der Waals surface area contributed by atoms with Crippen LogP contribution >= 0.6 is 0 Å². The molecule has 4 amide bonds. The van der Waals surface area contributed by atoms with Crippen molar-refractivity contribution >= 4 is 41.1 Å². The maximum atomic E-state index is 12.1. The number of anilines is 1. The van der Waals surface area contributed by atoms with E-state index < -0.39 is 30.9 Å². The van der Waals surface area contributed by atoms with Gasteiger partial charge in [0.1, 0.15) is 19.0 Å². The second kappa shape index (κ2) is 12.1. The Morgan fingerprint density at radius 3 is 2.62 bits per heavy atom. The van der Waals surface area contributed by atoms with Crippen molar-refractivity contribution < 1.29 is 29.0 Å². The maximum absolute atomic E-state index is 12.1. The van der Waals surface area contributed by atoms with Gasteiger partial charge in [0.25, 0.3) is 0 Å². The van der Waals surface area contributed by atoms with Crippen LogP contribution in [0.3, 0.4) is 0 Å². The van der Waals surface area contributed by atoms with Crippen LogP contribution < -0.4 is 21.3 Å². The van der Waals surface area contributed by atoms with Gasteiger partial charge in [-0.3, -0.25) is 10.1 Å². The van der Waals surface area contributed by atoms with Gasteiger partial charge in [0.05, 0.1) is 18.5 Å². The summed E-state index contributed by atoms with van der Waals surface area (Å²) < 4.78 is 14.5. The molecule has 4 unspecified atom stereocenters. The molecular formula is C26H30N8O6.